The third-order valence-corrected chi connectivity index (χ3v) is 3.98. The molecule has 2 aromatic rings. The first kappa shape index (κ1) is 18.5. The minimum absolute atomic E-state index is 0.141. The van der Waals surface area contributed by atoms with Crippen LogP contribution in [0.25, 0.3) is 6.08 Å². The number of hydrogen-bond donors (Lipinski definition) is 1. The molecule has 0 radical (unpaired) electrons. The average molecular weight is 340 g/mol. The van der Waals surface area contributed by atoms with Crippen LogP contribution in [0, 0.1) is 0 Å². The van der Waals surface area contributed by atoms with Gasteiger partial charge in [0.25, 0.3) is 0 Å². The van der Waals surface area contributed by atoms with E-state index in [1.54, 1.807) is 32.7 Å². The highest BCUT2D eigenvalue weighted by atomic mass is 16.5. The zero-order chi connectivity index (χ0) is 18.3. The van der Waals surface area contributed by atoms with Crippen molar-refractivity contribution in [2.75, 3.05) is 20.8 Å². The Morgan fingerprint density at radius 3 is 2.60 bits per heavy atom. The molecule has 0 saturated carbocycles. The van der Waals surface area contributed by atoms with E-state index < -0.39 is 0 Å². The first-order chi connectivity index (χ1) is 12.0. The van der Waals surface area contributed by atoms with E-state index in [9.17, 15) is 4.79 Å². The minimum Gasteiger partial charge on any atom is -0.493 e. The highest BCUT2D eigenvalue weighted by molar-refractivity contribution is 5.91. The number of ether oxygens (including phenoxy) is 2. The molecule has 5 nitrogen and oxygen atoms in total. The standard InChI is InChI=1S/C20H24N2O3/c1-20(2,16-8-9-17(24-3)18(12-16)25-4)14-22-19(23)10-7-15-6-5-11-21-13-15/h5-13H,14H2,1-4H3,(H,22,23). The summed E-state index contributed by atoms with van der Waals surface area (Å²) in [6.45, 7) is 4.64. The van der Waals surface area contributed by atoms with Crippen molar-refractivity contribution < 1.29 is 14.3 Å². The van der Waals surface area contributed by atoms with E-state index in [1.165, 1.54) is 6.08 Å². The Morgan fingerprint density at radius 2 is 1.96 bits per heavy atom. The predicted octanol–water partition coefficient (Wildman–Crippen LogP) is 3.21. The summed E-state index contributed by atoms with van der Waals surface area (Å²) in [5.74, 6) is 1.22. The van der Waals surface area contributed by atoms with E-state index >= 15 is 0 Å². The van der Waals surface area contributed by atoms with Gasteiger partial charge >= 0.3 is 0 Å². The molecule has 0 saturated heterocycles. The molecule has 1 heterocycles. The zero-order valence-electron chi connectivity index (χ0n) is 15.1. The smallest absolute Gasteiger partial charge is 0.244 e. The van der Waals surface area contributed by atoms with Crippen LogP contribution in [0.5, 0.6) is 11.5 Å². The summed E-state index contributed by atoms with van der Waals surface area (Å²) >= 11 is 0. The molecule has 1 N–H and O–H groups in total. The van der Waals surface area contributed by atoms with Gasteiger partial charge in [-0.2, -0.15) is 0 Å². The van der Waals surface area contributed by atoms with Crippen molar-refractivity contribution in [3.63, 3.8) is 0 Å². The second-order valence-electron chi connectivity index (χ2n) is 6.29. The van der Waals surface area contributed by atoms with Gasteiger partial charge in [0.15, 0.2) is 11.5 Å². The fourth-order valence-electron chi connectivity index (χ4n) is 2.37. The van der Waals surface area contributed by atoms with E-state index in [4.69, 9.17) is 9.47 Å². The molecule has 0 bridgehead atoms. The van der Waals surface area contributed by atoms with Gasteiger partial charge in [0, 0.05) is 30.4 Å². The maximum atomic E-state index is 12.1. The topological polar surface area (TPSA) is 60.5 Å². The van der Waals surface area contributed by atoms with Crippen LogP contribution in [0.1, 0.15) is 25.0 Å². The van der Waals surface area contributed by atoms with E-state index in [0.29, 0.717) is 18.0 Å². The average Bonchev–Trinajstić information content (AvgIpc) is 2.65. The highest BCUT2D eigenvalue weighted by Crippen LogP contribution is 2.32. The molecular weight excluding hydrogens is 316 g/mol. The van der Waals surface area contributed by atoms with Gasteiger partial charge in [-0.05, 0) is 35.4 Å². The van der Waals surface area contributed by atoms with E-state index in [-0.39, 0.29) is 11.3 Å². The molecular formula is C20H24N2O3. The van der Waals surface area contributed by atoms with Crippen molar-refractivity contribution in [3.8, 4) is 11.5 Å². The lowest BCUT2D eigenvalue weighted by molar-refractivity contribution is -0.116. The third-order valence-electron chi connectivity index (χ3n) is 3.98. The van der Waals surface area contributed by atoms with Gasteiger partial charge in [-0.15, -0.1) is 0 Å². The van der Waals surface area contributed by atoms with Crippen molar-refractivity contribution >= 4 is 12.0 Å². The number of hydrogen-bond acceptors (Lipinski definition) is 4. The lowest BCUT2D eigenvalue weighted by atomic mass is 9.84. The molecule has 1 aromatic carbocycles. The number of carbonyl (C=O) groups excluding carboxylic acids is 1. The maximum absolute atomic E-state index is 12.1. The molecule has 0 aliphatic heterocycles. The normalized spacial score (nSPS) is 11.4. The lowest BCUT2D eigenvalue weighted by Crippen LogP contribution is -2.35. The highest BCUT2D eigenvalue weighted by Gasteiger charge is 2.22. The van der Waals surface area contributed by atoms with Crippen molar-refractivity contribution in [2.45, 2.75) is 19.3 Å². The number of methoxy groups -OCH3 is 2. The first-order valence-corrected chi connectivity index (χ1v) is 8.05. The Labute approximate surface area is 148 Å². The van der Waals surface area contributed by atoms with Gasteiger partial charge in [-0.25, -0.2) is 0 Å². The number of nitrogens with one attached hydrogen (secondary N) is 1. The van der Waals surface area contributed by atoms with Crippen LogP contribution in [-0.4, -0.2) is 31.7 Å². The molecule has 0 aliphatic rings. The monoisotopic (exact) mass is 340 g/mol. The van der Waals surface area contributed by atoms with Gasteiger partial charge < -0.3 is 14.8 Å². The molecule has 0 spiro atoms. The van der Waals surface area contributed by atoms with Crippen LogP contribution < -0.4 is 14.8 Å². The molecule has 132 valence electrons. The Hall–Kier alpha value is -2.82. The van der Waals surface area contributed by atoms with Crippen molar-refractivity contribution in [1.82, 2.24) is 10.3 Å². The molecule has 0 unspecified atom stereocenters. The largest absolute Gasteiger partial charge is 0.493 e. The summed E-state index contributed by atoms with van der Waals surface area (Å²) in [5, 5.41) is 2.94. The molecule has 1 amide bonds. The van der Waals surface area contributed by atoms with Gasteiger partial charge in [0.2, 0.25) is 5.91 Å². The Bertz CT molecular complexity index is 740. The van der Waals surface area contributed by atoms with E-state index in [1.807, 2.05) is 30.3 Å². The van der Waals surface area contributed by atoms with Gasteiger partial charge in [-0.1, -0.05) is 26.0 Å². The fraction of sp³-hybridized carbons (Fsp3) is 0.300. The van der Waals surface area contributed by atoms with Crippen LogP contribution in [0.4, 0.5) is 0 Å². The lowest BCUT2D eigenvalue weighted by Gasteiger charge is -2.26. The molecule has 25 heavy (non-hydrogen) atoms. The van der Waals surface area contributed by atoms with Gasteiger partial charge in [0.05, 0.1) is 14.2 Å². The zero-order valence-corrected chi connectivity index (χ0v) is 15.1. The number of carbonyl (C=O) groups is 1. The molecule has 0 atom stereocenters. The molecule has 5 heteroatoms. The van der Waals surface area contributed by atoms with Crippen LogP contribution in [0.15, 0.2) is 48.8 Å². The van der Waals surface area contributed by atoms with Crippen LogP contribution in [0.2, 0.25) is 0 Å². The predicted molar refractivity (Wildman–Crippen MR) is 98.9 cm³/mol. The summed E-state index contributed by atoms with van der Waals surface area (Å²) in [4.78, 5) is 16.1. The number of pyridine rings is 1. The number of benzene rings is 1. The van der Waals surface area contributed by atoms with E-state index in [2.05, 4.69) is 24.1 Å². The number of amides is 1. The second kappa shape index (κ2) is 8.33. The van der Waals surface area contributed by atoms with Crippen molar-refractivity contribution in [2.24, 2.45) is 0 Å². The second-order valence-corrected chi connectivity index (χ2v) is 6.29. The SMILES string of the molecule is COc1ccc(C(C)(C)CNC(=O)C=Cc2cccnc2)cc1OC. The summed E-state index contributed by atoms with van der Waals surface area (Å²) < 4.78 is 10.6. The third kappa shape index (κ3) is 5.08. The number of nitrogens with zero attached hydrogens (tertiary/aromatic N) is 1. The van der Waals surface area contributed by atoms with Crippen LogP contribution in [-0.2, 0) is 10.2 Å². The van der Waals surface area contributed by atoms with Gasteiger partial charge in [0.1, 0.15) is 0 Å². The van der Waals surface area contributed by atoms with Crippen LogP contribution in [0.3, 0.4) is 0 Å². The summed E-state index contributed by atoms with van der Waals surface area (Å²) in [7, 11) is 3.22. The summed E-state index contributed by atoms with van der Waals surface area (Å²) in [6, 6.07) is 9.53. The fourth-order valence-corrected chi connectivity index (χ4v) is 2.37. The maximum Gasteiger partial charge on any atom is 0.244 e. The first-order valence-electron chi connectivity index (χ1n) is 8.05. The summed E-state index contributed by atoms with van der Waals surface area (Å²) in [5.41, 5.74) is 1.69. The number of aromatic nitrogens is 1. The molecule has 1 aromatic heterocycles. The van der Waals surface area contributed by atoms with Crippen LogP contribution >= 0.6 is 0 Å². The Morgan fingerprint density at radius 1 is 1.20 bits per heavy atom. The number of rotatable bonds is 7. The van der Waals surface area contributed by atoms with Crippen molar-refractivity contribution in [3.05, 3.63) is 59.9 Å². The van der Waals surface area contributed by atoms with E-state index in [0.717, 1.165) is 11.1 Å². The molecule has 0 aliphatic carbocycles. The molecule has 0 fully saturated rings. The minimum atomic E-state index is -0.253. The Kier molecular flexibility index (Phi) is 6.17. The van der Waals surface area contributed by atoms with Crippen molar-refractivity contribution in [1.29, 1.82) is 0 Å². The van der Waals surface area contributed by atoms with Gasteiger partial charge in [-0.3, -0.25) is 9.78 Å². The summed E-state index contributed by atoms with van der Waals surface area (Å²) in [6.07, 6.45) is 6.66. The Balaban J connectivity index is 2.01. The molecule has 2 rings (SSSR count). The quantitative estimate of drug-likeness (QED) is 0.786.